The maximum atomic E-state index is 2.50. The van der Waals surface area contributed by atoms with E-state index >= 15 is 0 Å². The Morgan fingerprint density at radius 1 is 0.373 bits per heavy atom. The van der Waals surface area contributed by atoms with E-state index in [2.05, 4.69) is 219 Å². The molecule has 1 aliphatic carbocycles. The molecule has 1 nitrogen and oxygen atoms in total. The SMILES string of the molecule is CC1(C)c2cc(N(c3ccc(-c4ccc5sc6ccccc6c5c4)cc3)c3ccc4ccccc4c3-c3cccc4ccccc34)ccc2-c2cc3ccccc3cc21. The van der Waals surface area contributed by atoms with Crippen LogP contribution in [0, 0.1) is 0 Å². The van der Waals surface area contributed by atoms with E-state index in [0.29, 0.717) is 0 Å². The van der Waals surface area contributed by atoms with Crippen LogP contribution in [-0.2, 0) is 5.41 Å². The number of hydrogen-bond donors (Lipinski definition) is 0. The van der Waals surface area contributed by atoms with Gasteiger partial charge in [0.25, 0.3) is 0 Å². The Morgan fingerprint density at radius 3 is 1.80 bits per heavy atom. The third-order valence-electron chi connectivity index (χ3n) is 12.8. The summed E-state index contributed by atoms with van der Waals surface area (Å²) in [5.41, 5.74) is 13.5. The molecule has 0 aliphatic heterocycles. The second kappa shape index (κ2) is 13.0. The first-order valence-electron chi connectivity index (χ1n) is 20.5. The average molecular weight is 770 g/mol. The quantitative estimate of drug-likeness (QED) is 0.169. The molecule has 59 heavy (non-hydrogen) atoms. The number of fused-ring (bicyclic) bond motifs is 9. The highest BCUT2D eigenvalue weighted by Crippen LogP contribution is 2.53. The van der Waals surface area contributed by atoms with Crippen LogP contribution in [0.5, 0.6) is 0 Å². The normalized spacial score (nSPS) is 13.1. The van der Waals surface area contributed by atoms with Gasteiger partial charge in [0.1, 0.15) is 0 Å². The molecule has 0 bridgehead atoms. The van der Waals surface area contributed by atoms with Crippen molar-refractivity contribution in [2.45, 2.75) is 19.3 Å². The Balaban J connectivity index is 1.08. The fourth-order valence-corrected chi connectivity index (χ4v) is 10.9. The maximum absolute atomic E-state index is 2.50. The van der Waals surface area contributed by atoms with Gasteiger partial charge in [0, 0.05) is 42.5 Å². The van der Waals surface area contributed by atoms with Crippen molar-refractivity contribution in [2.24, 2.45) is 0 Å². The maximum Gasteiger partial charge on any atom is 0.0546 e. The molecule has 12 rings (SSSR count). The lowest BCUT2D eigenvalue weighted by atomic mass is 9.81. The van der Waals surface area contributed by atoms with Crippen LogP contribution in [0.4, 0.5) is 17.1 Å². The molecule has 0 fully saturated rings. The van der Waals surface area contributed by atoms with E-state index in [4.69, 9.17) is 0 Å². The second-order valence-electron chi connectivity index (χ2n) is 16.5. The number of benzene rings is 10. The van der Waals surface area contributed by atoms with Crippen molar-refractivity contribution in [1.82, 2.24) is 0 Å². The van der Waals surface area contributed by atoms with Gasteiger partial charge in [0.15, 0.2) is 0 Å². The highest BCUT2D eigenvalue weighted by molar-refractivity contribution is 7.25. The van der Waals surface area contributed by atoms with Gasteiger partial charge in [-0.3, -0.25) is 0 Å². The van der Waals surface area contributed by atoms with Gasteiger partial charge in [-0.1, -0.05) is 153 Å². The van der Waals surface area contributed by atoms with E-state index in [1.54, 1.807) is 0 Å². The van der Waals surface area contributed by atoms with E-state index in [-0.39, 0.29) is 5.41 Å². The van der Waals surface area contributed by atoms with Crippen LogP contribution in [0.2, 0.25) is 0 Å². The Morgan fingerprint density at radius 2 is 0.983 bits per heavy atom. The lowest BCUT2D eigenvalue weighted by molar-refractivity contribution is 0.661. The molecule has 0 saturated carbocycles. The lowest BCUT2D eigenvalue weighted by Gasteiger charge is -2.31. The summed E-state index contributed by atoms with van der Waals surface area (Å²) in [6, 6.07) is 74.6. The molecule has 0 amide bonds. The number of rotatable bonds is 5. The Hall–Kier alpha value is -7.00. The van der Waals surface area contributed by atoms with Gasteiger partial charge in [0.2, 0.25) is 0 Å². The summed E-state index contributed by atoms with van der Waals surface area (Å²) >= 11 is 1.87. The smallest absolute Gasteiger partial charge is 0.0546 e. The van der Waals surface area contributed by atoms with Gasteiger partial charge in [-0.05, 0) is 132 Å². The minimum Gasteiger partial charge on any atom is -0.310 e. The zero-order chi connectivity index (χ0) is 39.2. The van der Waals surface area contributed by atoms with Crippen molar-refractivity contribution in [3.05, 3.63) is 211 Å². The fraction of sp³-hybridized carbons (Fsp3) is 0.0526. The molecule has 0 saturated heterocycles. The van der Waals surface area contributed by atoms with E-state index < -0.39 is 0 Å². The molecule has 10 aromatic carbocycles. The zero-order valence-electron chi connectivity index (χ0n) is 32.9. The van der Waals surface area contributed by atoms with Gasteiger partial charge in [-0.15, -0.1) is 11.3 Å². The Labute approximate surface area is 348 Å². The van der Waals surface area contributed by atoms with Crippen molar-refractivity contribution in [2.75, 3.05) is 4.90 Å². The summed E-state index contributed by atoms with van der Waals surface area (Å²) in [6.07, 6.45) is 0. The van der Waals surface area contributed by atoms with Gasteiger partial charge in [-0.2, -0.15) is 0 Å². The molecule has 0 unspecified atom stereocenters. The van der Waals surface area contributed by atoms with E-state index in [1.165, 1.54) is 97.0 Å². The minimum absolute atomic E-state index is 0.174. The minimum atomic E-state index is -0.174. The van der Waals surface area contributed by atoms with Crippen molar-refractivity contribution in [1.29, 1.82) is 0 Å². The van der Waals surface area contributed by atoms with Crippen molar-refractivity contribution < 1.29 is 0 Å². The number of nitrogens with zero attached hydrogens (tertiary/aromatic N) is 1. The molecule has 0 radical (unpaired) electrons. The first-order chi connectivity index (χ1) is 29.0. The average Bonchev–Trinajstić information content (AvgIpc) is 3.76. The Bertz CT molecular complexity index is 3470. The molecule has 1 aromatic heterocycles. The number of hydrogen-bond acceptors (Lipinski definition) is 2. The van der Waals surface area contributed by atoms with Crippen LogP contribution in [0.1, 0.15) is 25.0 Å². The van der Waals surface area contributed by atoms with Crippen LogP contribution >= 0.6 is 11.3 Å². The van der Waals surface area contributed by atoms with Crippen LogP contribution < -0.4 is 4.90 Å². The summed E-state index contributed by atoms with van der Waals surface area (Å²) < 4.78 is 2.65. The van der Waals surface area contributed by atoms with Crippen molar-refractivity contribution in [3.8, 4) is 33.4 Å². The summed E-state index contributed by atoms with van der Waals surface area (Å²) in [5, 5.41) is 10.2. The molecule has 2 heteroatoms. The molecule has 278 valence electrons. The monoisotopic (exact) mass is 769 g/mol. The standard InChI is InChI=1S/C57H39NS/c1-57(2)51-34-40-15-4-3-14-39(40)32-49(51)46-29-28-43(35-52(46)57)58(42-26-22-36(23-27-42)41-25-31-55-50(33-41)47-19-9-10-21-54(47)59-55)53-30-24-38-13-6-8-18-45(38)56(53)48-20-11-16-37-12-5-7-17-44(37)48/h3-35H,1-2H3. The fourth-order valence-electron chi connectivity index (χ4n) is 9.86. The number of anilines is 3. The summed E-state index contributed by atoms with van der Waals surface area (Å²) in [5.74, 6) is 0. The third kappa shape index (κ3) is 5.30. The van der Waals surface area contributed by atoms with Gasteiger partial charge in [0.05, 0.1) is 5.69 Å². The molecule has 0 spiro atoms. The molecule has 0 atom stereocenters. The van der Waals surface area contributed by atoms with Crippen molar-refractivity contribution in [3.63, 3.8) is 0 Å². The molecule has 0 N–H and O–H groups in total. The molecule has 1 aliphatic rings. The van der Waals surface area contributed by atoms with Crippen LogP contribution in [0.3, 0.4) is 0 Å². The van der Waals surface area contributed by atoms with Crippen LogP contribution in [-0.4, -0.2) is 0 Å². The van der Waals surface area contributed by atoms with Gasteiger partial charge < -0.3 is 4.90 Å². The summed E-state index contributed by atoms with van der Waals surface area (Å²) in [6.45, 7) is 4.78. The molecular formula is C57H39NS. The predicted octanol–water partition coefficient (Wildman–Crippen LogP) is 16.6. The molecule has 11 aromatic rings. The topological polar surface area (TPSA) is 3.24 Å². The zero-order valence-corrected chi connectivity index (χ0v) is 33.7. The van der Waals surface area contributed by atoms with E-state index in [9.17, 15) is 0 Å². The summed E-state index contributed by atoms with van der Waals surface area (Å²) in [4.78, 5) is 2.50. The summed E-state index contributed by atoms with van der Waals surface area (Å²) in [7, 11) is 0. The van der Waals surface area contributed by atoms with Crippen LogP contribution in [0.25, 0.3) is 85.9 Å². The predicted molar refractivity (Wildman–Crippen MR) is 255 cm³/mol. The highest BCUT2D eigenvalue weighted by atomic mass is 32.1. The number of thiophene rings is 1. The Kier molecular flexibility index (Phi) is 7.51. The van der Waals surface area contributed by atoms with Gasteiger partial charge in [-0.25, -0.2) is 0 Å². The largest absolute Gasteiger partial charge is 0.310 e. The van der Waals surface area contributed by atoms with Crippen molar-refractivity contribution >= 4 is 80.9 Å². The third-order valence-corrected chi connectivity index (χ3v) is 14.0. The lowest BCUT2D eigenvalue weighted by Crippen LogP contribution is -2.17. The van der Waals surface area contributed by atoms with Gasteiger partial charge >= 0.3 is 0 Å². The second-order valence-corrected chi connectivity index (χ2v) is 17.6. The van der Waals surface area contributed by atoms with Crippen LogP contribution in [0.15, 0.2) is 200 Å². The van der Waals surface area contributed by atoms with E-state index in [0.717, 1.165) is 17.1 Å². The molecule has 1 heterocycles. The van der Waals surface area contributed by atoms with E-state index in [1.807, 2.05) is 11.3 Å². The first-order valence-corrected chi connectivity index (χ1v) is 21.3. The first kappa shape index (κ1) is 34.1. The molecular weight excluding hydrogens is 731 g/mol. The highest BCUT2D eigenvalue weighted by Gasteiger charge is 2.36.